The van der Waals surface area contributed by atoms with Crippen molar-refractivity contribution >= 4 is 15.9 Å². The number of nitrogens with one attached hydrogen (secondary N) is 1. The van der Waals surface area contributed by atoms with Crippen LogP contribution in [0.3, 0.4) is 0 Å². The Morgan fingerprint density at radius 1 is 1.39 bits per heavy atom. The van der Waals surface area contributed by atoms with Crippen molar-refractivity contribution < 1.29 is 0 Å². The van der Waals surface area contributed by atoms with Gasteiger partial charge in [-0.25, -0.2) is 0 Å². The Hall–Kier alpha value is -1.09. The van der Waals surface area contributed by atoms with Crippen LogP contribution in [0.25, 0.3) is 0 Å². The molecule has 1 N–H and O–H groups in total. The normalized spacial score (nSPS) is 26.9. The molecule has 0 saturated heterocycles. The highest BCUT2D eigenvalue weighted by Gasteiger charge is 2.46. The van der Waals surface area contributed by atoms with E-state index in [9.17, 15) is 0 Å². The van der Waals surface area contributed by atoms with Gasteiger partial charge in [-0.1, -0.05) is 35.0 Å². The van der Waals surface area contributed by atoms with Crippen LogP contribution in [0, 0.1) is 12.8 Å². The van der Waals surface area contributed by atoms with Crippen molar-refractivity contribution in [2.24, 2.45) is 5.92 Å². The molecule has 2 nitrogen and oxygen atoms in total. The van der Waals surface area contributed by atoms with E-state index in [0.717, 1.165) is 10.4 Å². The lowest BCUT2D eigenvalue weighted by Gasteiger charge is -2.47. The first-order valence-electron chi connectivity index (χ1n) is 6.38. The van der Waals surface area contributed by atoms with Gasteiger partial charge in [0.1, 0.15) is 0 Å². The van der Waals surface area contributed by atoms with Crippen LogP contribution in [0.5, 0.6) is 0 Å². The fraction of sp³-hybridized carbons (Fsp3) is 0.400. The van der Waals surface area contributed by atoms with Gasteiger partial charge in [-0.15, -0.1) is 0 Å². The molecule has 0 bridgehead atoms. The maximum atomic E-state index is 4.21. The first-order valence-corrected chi connectivity index (χ1v) is 7.17. The van der Waals surface area contributed by atoms with E-state index in [2.05, 4.69) is 64.2 Å². The van der Waals surface area contributed by atoms with E-state index >= 15 is 0 Å². The van der Waals surface area contributed by atoms with E-state index in [1.165, 1.54) is 29.7 Å². The molecule has 3 rings (SSSR count). The summed E-state index contributed by atoms with van der Waals surface area (Å²) in [5.41, 5.74) is 4.09. The monoisotopic (exact) mass is 304 g/mol. The van der Waals surface area contributed by atoms with Crippen molar-refractivity contribution in [3.8, 4) is 0 Å². The topological polar surface area (TPSA) is 28.7 Å². The minimum Gasteiger partial charge on any atom is -0.281 e. The maximum Gasteiger partial charge on any atom is 0.0519 e. The van der Waals surface area contributed by atoms with Crippen LogP contribution >= 0.6 is 15.9 Å². The number of nitrogens with zero attached hydrogens (tertiary/aromatic N) is 1. The molecule has 2 aromatic rings. The molecule has 1 saturated carbocycles. The van der Waals surface area contributed by atoms with Crippen LogP contribution in [0.15, 0.2) is 34.9 Å². The zero-order chi connectivity index (χ0) is 12.8. The number of benzene rings is 1. The van der Waals surface area contributed by atoms with E-state index in [1.54, 1.807) is 0 Å². The third-order valence-electron chi connectivity index (χ3n) is 4.08. The van der Waals surface area contributed by atoms with Crippen molar-refractivity contribution in [3.05, 3.63) is 51.8 Å². The second-order valence-corrected chi connectivity index (χ2v) is 6.45. The number of aromatic amines is 1. The smallest absolute Gasteiger partial charge is 0.0519 e. The zero-order valence-electron chi connectivity index (χ0n) is 10.7. The number of hydrogen-bond acceptors (Lipinski definition) is 1. The Bertz CT molecular complexity index is 567. The van der Waals surface area contributed by atoms with Gasteiger partial charge in [-0.2, -0.15) is 5.10 Å². The van der Waals surface area contributed by atoms with E-state index in [1.807, 2.05) is 6.20 Å². The van der Waals surface area contributed by atoms with E-state index in [0.29, 0.717) is 0 Å². The summed E-state index contributed by atoms with van der Waals surface area (Å²) < 4.78 is 1.15. The molecule has 3 heteroatoms. The number of halogens is 1. The van der Waals surface area contributed by atoms with Crippen molar-refractivity contribution in [3.63, 3.8) is 0 Å². The molecule has 1 aliphatic carbocycles. The van der Waals surface area contributed by atoms with Gasteiger partial charge < -0.3 is 0 Å². The predicted octanol–water partition coefficient (Wildman–Crippen LogP) is 4.20. The summed E-state index contributed by atoms with van der Waals surface area (Å²) >= 11 is 3.58. The molecule has 0 spiro atoms. The summed E-state index contributed by atoms with van der Waals surface area (Å²) in [5.74, 6) is 0.784. The van der Waals surface area contributed by atoms with Gasteiger partial charge in [0.25, 0.3) is 0 Å². The molecule has 1 aliphatic rings. The molecule has 0 atom stereocenters. The maximum absolute atomic E-state index is 4.21. The molecule has 0 radical (unpaired) electrons. The third-order valence-corrected chi connectivity index (χ3v) is 4.57. The largest absolute Gasteiger partial charge is 0.281 e. The first-order chi connectivity index (χ1) is 8.62. The van der Waals surface area contributed by atoms with Gasteiger partial charge in [0.2, 0.25) is 0 Å². The minimum absolute atomic E-state index is 0.143. The van der Waals surface area contributed by atoms with Crippen LogP contribution in [-0.2, 0) is 5.41 Å². The van der Waals surface area contributed by atoms with Crippen LogP contribution in [-0.4, -0.2) is 10.2 Å². The lowest BCUT2D eigenvalue weighted by atomic mass is 9.57. The summed E-state index contributed by atoms with van der Waals surface area (Å²) in [5, 5.41) is 7.43. The predicted molar refractivity (Wildman–Crippen MR) is 76.6 cm³/mol. The lowest BCUT2D eigenvalue weighted by molar-refractivity contribution is 0.194. The summed E-state index contributed by atoms with van der Waals surface area (Å²) in [7, 11) is 0. The first kappa shape index (κ1) is 12.0. The molecule has 1 heterocycles. The van der Waals surface area contributed by atoms with E-state index in [-0.39, 0.29) is 5.41 Å². The highest BCUT2D eigenvalue weighted by atomic mass is 79.9. The van der Waals surface area contributed by atoms with E-state index in [4.69, 9.17) is 0 Å². The van der Waals surface area contributed by atoms with Crippen LogP contribution in [0.1, 0.15) is 36.6 Å². The highest BCUT2D eigenvalue weighted by Crippen LogP contribution is 2.52. The molecule has 1 aromatic carbocycles. The minimum atomic E-state index is 0.143. The standard InChI is InChI=1S/C15H17BrN2/c1-10-7-15(8-10,14-11(2)9-17-18-14)12-4-3-5-13(16)6-12/h3-6,9-10H,7-8H2,1-2H3,(H,17,18). The zero-order valence-corrected chi connectivity index (χ0v) is 12.3. The molecule has 0 amide bonds. The van der Waals surface area contributed by atoms with Crippen molar-refractivity contribution in [1.29, 1.82) is 0 Å². The number of hydrogen-bond donors (Lipinski definition) is 1. The Labute approximate surface area is 116 Å². The molecule has 18 heavy (non-hydrogen) atoms. The van der Waals surface area contributed by atoms with Crippen LogP contribution < -0.4 is 0 Å². The lowest BCUT2D eigenvalue weighted by Crippen LogP contribution is -2.42. The van der Waals surface area contributed by atoms with E-state index < -0.39 is 0 Å². The van der Waals surface area contributed by atoms with Gasteiger partial charge in [-0.3, -0.25) is 5.10 Å². The third kappa shape index (κ3) is 1.72. The summed E-state index contributed by atoms with van der Waals surface area (Å²) in [6, 6.07) is 8.68. The van der Waals surface area contributed by atoms with Crippen molar-refractivity contribution in [2.75, 3.05) is 0 Å². The average molecular weight is 305 g/mol. The quantitative estimate of drug-likeness (QED) is 0.885. The molecule has 1 aromatic heterocycles. The Morgan fingerprint density at radius 3 is 2.72 bits per heavy atom. The molecular formula is C15H17BrN2. The van der Waals surface area contributed by atoms with Gasteiger partial charge in [0.05, 0.1) is 6.20 Å². The fourth-order valence-corrected chi connectivity index (χ4v) is 3.73. The van der Waals surface area contributed by atoms with Gasteiger partial charge >= 0.3 is 0 Å². The van der Waals surface area contributed by atoms with Gasteiger partial charge in [-0.05, 0) is 48.9 Å². The van der Waals surface area contributed by atoms with Gasteiger partial charge in [0.15, 0.2) is 0 Å². The summed E-state index contributed by atoms with van der Waals surface area (Å²) in [6.07, 6.45) is 4.33. The van der Waals surface area contributed by atoms with Crippen LogP contribution in [0.4, 0.5) is 0 Å². The average Bonchev–Trinajstić information content (AvgIpc) is 2.71. The summed E-state index contributed by atoms with van der Waals surface area (Å²) in [4.78, 5) is 0. The second-order valence-electron chi connectivity index (χ2n) is 5.53. The molecular weight excluding hydrogens is 288 g/mol. The molecule has 0 aliphatic heterocycles. The number of aromatic nitrogens is 2. The van der Waals surface area contributed by atoms with Crippen molar-refractivity contribution in [1.82, 2.24) is 10.2 Å². The Balaban J connectivity index is 2.11. The van der Waals surface area contributed by atoms with Crippen molar-refractivity contribution in [2.45, 2.75) is 32.1 Å². The van der Waals surface area contributed by atoms with Gasteiger partial charge in [0, 0.05) is 15.6 Å². The molecule has 94 valence electrons. The fourth-order valence-electron chi connectivity index (χ4n) is 3.33. The second kappa shape index (κ2) is 4.23. The highest BCUT2D eigenvalue weighted by molar-refractivity contribution is 9.10. The number of H-pyrrole nitrogens is 1. The Morgan fingerprint density at radius 2 is 2.17 bits per heavy atom. The van der Waals surface area contributed by atoms with Crippen LogP contribution in [0.2, 0.25) is 0 Å². The number of aryl methyl sites for hydroxylation is 1. The SMILES string of the molecule is Cc1cn[nH]c1C1(c2cccc(Br)c2)CC(C)C1. The Kier molecular flexibility index (Phi) is 2.81. The molecule has 0 unspecified atom stereocenters. The summed E-state index contributed by atoms with van der Waals surface area (Å²) in [6.45, 7) is 4.46. The number of rotatable bonds is 2. The molecule has 1 fully saturated rings.